The number of nitrogens with zero attached hydrogens (tertiary/aromatic N) is 1. The molecule has 128 valence electrons. The molecule has 1 amide bonds. The van der Waals surface area contributed by atoms with Gasteiger partial charge in [0.25, 0.3) is 0 Å². The maximum Gasteiger partial charge on any atom is 0.244 e. The van der Waals surface area contributed by atoms with Crippen LogP contribution in [0.25, 0.3) is 0 Å². The van der Waals surface area contributed by atoms with Crippen molar-refractivity contribution in [3.8, 4) is 0 Å². The minimum absolute atomic E-state index is 0. The molecule has 2 saturated heterocycles. The number of piperidine rings is 1. The van der Waals surface area contributed by atoms with Crippen LogP contribution in [0, 0.1) is 5.41 Å². The summed E-state index contributed by atoms with van der Waals surface area (Å²) in [4.78, 5) is 14.7. The van der Waals surface area contributed by atoms with Crippen LogP contribution in [0.4, 0.5) is 0 Å². The average molecular weight is 351 g/mol. The largest absolute Gasteiger partial charge is 0.341 e. The molecule has 0 aromatic rings. The van der Waals surface area contributed by atoms with E-state index in [1.165, 1.54) is 12.7 Å². The lowest BCUT2D eigenvalue weighted by Crippen LogP contribution is -2.55. The fourth-order valence-electron chi connectivity index (χ4n) is 4.38. The van der Waals surface area contributed by atoms with Crippen LogP contribution in [0.3, 0.4) is 0 Å². The summed E-state index contributed by atoms with van der Waals surface area (Å²) in [5.41, 5.74) is 0.352. The Kier molecular flexibility index (Phi) is 5.15. The zero-order chi connectivity index (χ0) is 15.1. The van der Waals surface area contributed by atoms with Crippen LogP contribution >= 0.6 is 12.4 Å². The third-order valence-corrected chi connectivity index (χ3v) is 7.96. The van der Waals surface area contributed by atoms with Crippen LogP contribution in [-0.4, -0.2) is 56.4 Å². The van der Waals surface area contributed by atoms with Crippen molar-refractivity contribution < 1.29 is 13.2 Å². The summed E-state index contributed by atoms with van der Waals surface area (Å²) >= 11 is 0. The van der Waals surface area contributed by atoms with Gasteiger partial charge in [-0.25, -0.2) is 8.42 Å². The van der Waals surface area contributed by atoms with E-state index in [2.05, 4.69) is 5.32 Å². The molecule has 5 nitrogen and oxygen atoms in total. The monoisotopic (exact) mass is 350 g/mol. The number of carbonyl (C=O) groups is 1. The van der Waals surface area contributed by atoms with E-state index in [-0.39, 0.29) is 18.3 Å². The summed E-state index contributed by atoms with van der Waals surface area (Å²) in [7, 11) is -3.34. The van der Waals surface area contributed by atoms with Crippen molar-refractivity contribution >= 4 is 28.2 Å². The van der Waals surface area contributed by atoms with Crippen LogP contribution in [-0.2, 0) is 14.6 Å². The van der Waals surface area contributed by atoms with E-state index in [4.69, 9.17) is 0 Å². The van der Waals surface area contributed by atoms with Gasteiger partial charge in [0.1, 0.15) is 0 Å². The molecule has 0 atom stereocenters. The van der Waals surface area contributed by atoms with Gasteiger partial charge in [-0.15, -0.1) is 12.4 Å². The molecule has 3 fully saturated rings. The quantitative estimate of drug-likeness (QED) is 0.816. The number of rotatable bonds is 2. The predicted molar refractivity (Wildman–Crippen MR) is 89.0 cm³/mol. The molecule has 3 aliphatic rings. The van der Waals surface area contributed by atoms with Gasteiger partial charge in [0.2, 0.25) is 5.91 Å². The fraction of sp³-hybridized carbons (Fsp3) is 0.933. The number of amides is 1. The van der Waals surface area contributed by atoms with E-state index in [0.29, 0.717) is 18.3 Å². The Labute approximate surface area is 139 Å². The van der Waals surface area contributed by atoms with E-state index < -0.39 is 14.6 Å². The lowest BCUT2D eigenvalue weighted by molar-refractivity contribution is -0.136. The molecule has 22 heavy (non-hydrogen) atoms. The van der Waals surface area contributed by atoms with Crippen LogP contribution in [0.15, 0.2) is 0 Å². The molecule has 0 aromatic carbocycles. The molecule has 2 aliphatic heterocycles. The summed E-state index contributed by atoms with van der Waals surface area (Å²) in [5, 5.41) is 3.41. The van der Waals surface area contributed by atoms with E-state index in [0.717, 1.165) is 51.9 Å². The Morgan fingerprint density at radius 2 is 1.64 bits per heavy atom. The first-order valence-electron chi connectivity index (χ1n) is 8.08. The summed E-state index contributed by atoms with van der Waals surface area (Å²) in [6, 6.07) is 0. The molecule has 1 N–H and O–H groups in total. The zero-order valence-electron chi connectivity index (χ0n) is 13.3. The third-order valence-electron chi connectivity index (χ3n) is 5.95. The van der Waals surface area contributed by atoms with Crippen molar-refractivity contribution in [1.29, 1.82) is 0 Å². The number of hydrogen-bond acceptors (Lipinski definition) is 4. The molecule has 3 rings (SSSR count). The van der Waals surface area contributed by atoms with Gasteiger partial charge < -0.3 is 10.2 Å². The number of carbonyl (C=O) groups excluding carboxylic acids is 1. The van der Waals surface area contributed by atoms with E-state index >= 15 is 0 Å². The smallest absolute Gasteiger partial charge is 0.244 e. The summed E-state index contributed by atoms with van der Waals surface area (Å²) in [5.74, 6) is -0.122. The van der Waals surface area contributed by atoms with E-state index in [1.807, 2.05) is 4.90 Å². The van der Waals surface area contributed by atoms with Crippen molar-refractivity contribution in [3.63, 3.8) is 0 Å². The first kappa shape index (κ1) is 18.0. The Hall–Kier alpha value is -0.330. The first-order valence-corrected chi connectivity index (χ1v) is 9.98. The molecule has 0 bridgehead atoms. The molecule has 7 heteroatoms. The highest BCUT2D eigenvalue weighted by Gasteiger charge is 2.52. The second kappa shape index (κ2) is 6.29. The predicted octanol–water partition coefficient (Wildman–Crippen LogP) is 1.37. The maximum atomic E-state index is 12.9. The summed E-state index contributed by atoms with van der Waals surface area (Å²) < 4.78 is 23.3. The average Bonchev–Trinajstić information content (AvgIpc) is 3.08. The zero-order valence-corrected chi connectivity index (χ0v) is 14.9. The van der Waals surface area contributed by atoms with Crippen molar-refractivity contribution in [3.05, 3.63) is 0 Å². The second-order valence-corrected chi connectivity index (χ2v) is 9.52. The highest BCUT2D eigenvalue weighted by molar-refractivity contribution is 7.92. The molecule has 0 unspecified atom stereocenters. The van der Waals surface area contributed by atoms with Gasteiger partial charge in [0.15, 0.2) is 14.6 Å². The molecule has 0 aromatic heterocycles. The lowest BCUT2D eigenvalue weighted by atomic mass is 9.77. The second-order valence-electron chi connectivity index (χ2n) is 7.19. The Morgan fingerprint density at radius 1 is 1.05 bits per heavy atom. The number of hydrogen-bond donors (Lipinski definition) is 1. The Bertz CT molecular complexity index is 513. The first-order chi connectivity index (χ1) is 9.89. The molecule has 1 spiro atoms. The number of sulfone groups is 1. The van der Waals surface area contributed by atoms with Crippen molar-refractivity contribution in [2.75, 3.05) is 32.4 Å². The van der Waals surface area contributed by atoms with Crippen LogP contribution < -0.4 is 5.32 Å². The normalized spacial score (nSPS) is 26.9. The van der Waals surface area contributed by atoms with Gasteiger partial charge in [-0.3, -0.25) is 4.79 Å². The lowest BCUT2D eigenvalue weighted by Gasteiger charge is -2.41. The summed E-state index contributed by atoms with van der Waals surface area (Å²) in [6.45, 7) is 3.56. The standard InChI is InChI=1S/C15H26N2O3S.ClH/c1-21(19,20)15(4-2-3-5-15)13(18)17-10-7-14(8-11-17)6-9-16-12-14;/h16H,2-12H2,1H3;1H. The Morgan fingerprint density at radius 3 is 2.09 bits per heavy atom. The number of halogens is 1. The number of nitrogens with one attached hydrogen (secondary N) is 1. The highest BCUT2D eigenvalue weighted by Crippen LogP contribution is 2.41. The van der Waals surface area contributed by atoms with Crippen LogP contribution in [0.2, 0.25) is 0 Å². The van der Waals surface area contributed by atoms with Gasteiger partial charge in [0.05, 0.1) is 0 Å². The molecule has 1 saturated carbocycles. The third kappa shape index (κ3) is 2.89. The van der Waals surface area contributed by atoms with Crippen molar-refractivity contribution in [2.24, 2.45) is 5.41 Å². The molecular weight excluding hydrogens is 324 g/mol. The molecule has 2 heterocycles. The van der Waals surface area contributed by atoms with Crippen molar-refractivity contribution in [2.45, 2.75) is 49.7 Å². The van der Waals surface area contributed by atoms with Gasteiger partial charge in [-0.05, 0) is 44.1 Å². The van der Waals surface area contributed by atoms with Gasteiger partial charge >= 0.3 is 0 Å². The van der Waals surface area contributed by atoms with Gasteiger partial charge in [-0.2, -0.15) is 0 Å². The topological polar surface area (TPSA) is 66.5 Å². The molecule has 0 radical (unpaired) electrons. The Balaban J connectivity index is 0.00000176. The summed E-state index contributed by atoms with van der Waals surface area (Å²) in [6.07, 6.45) is 7.15. The van der Waals surface area contributed by atoms with Crippen LogP contribution in [0.5, 0.6) is 0 Å². The fourth-order valence-corrected chi connectivity index (χ4v) is 5.86. The van der Waals surface area contributed by atoms with E-state index in [1.54, 1.807) is 0 Å². The minimum atomic E-state index is -3.34. The van der Waals surface area contributed by atoms with E-state index in [9.17, 15) is 13.2 Å². The molecule has 1 aliphatic carbocycles. The highest BCUT2D eigenvalue weighted by atomic mass is 35.5. The van der Waals surface area contributed by atoms with Crippen LogP contribution in [0.1, 0.15) is 44.9 Å². The van der Waals surface area contributed by atoms with Gasteiger partial charge in [-0.1, -0.05) is 12.8 Å². The van der Waals surface area contributed by atoms with Gasteiger partial charge in [0, 0.05) is 25.9 Å². The number of likely N-dealkylation sites (tertiary alicyclic amines) is 1. The molecular formula is C15H27ClN2O3S. The SMILES string of the molecule is CS(=O)(=O)C1(C(=O)N2CCC3(CCNC3)CC2)CCCC1.Cl. The maximum absolute atomic E-state index is 12.9. The minimum Gasteiger partial charge on any atom is -0.341 e. The van der Waals surface area contributed by atoms with Crippen molar-refractivity contribution in [1.82, 2.24) is 10.2 Å².